The zero-order valence-corrected chi connectivity index (χ0v) is 8.96. The van der Waals surface area contributed by atoms with Crippen LogP contribution in [0, 0.1) is 5.92 Å². The van der Waals surface area contributed by atoms with E-state index in [1.54, 1.807) is 0 Å². The lowest BCUT2D eigenvalue weighted by molar-refractivity contribution is 0.426. The molecule has 0 aliphatic heterocycles. The van der Waals surface area contributed by atoms with Crippen LogP contribution in [-0.2, 0) is 6.42 Å². The predicted molar refractivity (Wildman–Crippen MR) is 58.6 cm³/mol. The van der Waals surface area contributed by atoms with Gasteiger partial charge in [0.15, 0.2) is 0 Å². The molecule has 0 saturated carbocycles. The standard InChI is InChI=1S/C13H18O/c1-9(2)12-5-3-4-10-6-7-11(14)8-13(10)12/h6-9,12,14H,3-5H2,1-2H3. The van der Waals surface area contributed by atoms with E-state index in [0.29, 0.717) is 17.6 Å². The van der Waals surface area contributed by atoms with Crippen LogP contribution in [0.5, 0.6) is 5.75 Å². The van der Waals surface area contributed by atoms with Gasteiger partial charge in [-0.05, 0) is 54.4 Å². The van der Waals surface area contributed by atoms with Crippen molar-refractivity contribution in [1.82, 2.24) is 0 Å². The van der Waals surface area contributed by atoms with E-state index < -0.39 is 0 Å². The number of phenols is 1. The predicted octanol–water partition coefficient (Wildman–Crippen LogP) is 3.47. The van der Waals surface area contributed by atoms with Gasteiger partial charge in [-0.15, -0.1) is 0 Å². The number of rotatable bonds is 1. The second-order valence-electron chi connectivity index (χ2n) is 4.63. The lowest BCUT2D eigenvalue weighted by atomic mass is 9.77. The number of aromatic hydroxyl groups is 1. The number of aryl methyl sites for hydroxylation is 1. The van der Waals surface area contributed by atoms with Crippen LogP contribution in [0.15, 0.2) is 18.2 Å². The molecule has 0 bridgehead atoms. The molecular formula is C13H18O. The molecule has 1 heteroatoms. The quantitative estimate of drug-likeness (QED) is 0.719. The van der Waals surface area contributed by atoms with Crippen molar-refractivity contribution in [1.29, 1.82) is 0 Å². The maximum absolute atomic E-state index is 9.49. The van der Waals surface area contributed by atoms with E-state index >= 15 is 0 Å². The topological polar surface area (TPSA) is 20.2 Å². The van der Waals surface area contributed by atoms with Crippen LogP contribution in [0.25, 0.3) is 0 Å². The van der Waals surface area contributed by atoms with Gasteiger partial charge in [0, 0.05) is 0 Å². The molecule has 1 unspecified atom stereocenters. The Morgan fingerprint density at radius 1 is 1.36 bits per heavy atom. The van der Waals surface area contributed by atoms with Crippen LogP contribution in [0.2, 0.25) is 0 Å². The molecule has 0 spiro atoms. The van der Waals surface area contributed by atoms with Crippen LogP contribution in [0.1, 0.15) is 43.7 Å². The third-order valence-corrected chi connectivity index (χ3v) is 3.29. The second-order valence-corrected chi connectivity index (χ2v) is 4.63. The highest BCUT2D eigenvalue weighted by atomic mass is 16.3. The van der Waals surface area contributed by atoms with Gasteiger partial charge in [-0.2, -0.15) is 0 Å². The third kappa shape index (κ3) is 1.63. The van der Waals surface area contributed by atoms with Crippen LogP contribution in [0.4, 0.5) is 0 Å². The summed E-state index contributed by atoms with van der Waals surface area (Å²) in [4.78, 5) is 0. The summed E-state index contributed by atoms with van der Waals surface area (Å²) in [6.45, 7) is 4.54. The van der Waals surface area contributed by atoms with Gasteiger partial charge >= 0.3 is 0 Å². The van der Waals surface area contributed by atoms with E-state index in [9.17, 15) is 5.11 Å². The molecule has 0 fully saturated rings. The van der Waals surface area contributed by atoms with Gasteiger partial charge in [-0.3, -0.25) is 0 Å². The Bertz CT molecular complexity index is 328. The monoisotopic (exact) mass is 190 g/mol. The van der Waals surface area contributed by atoms with Crippen molar-refractivity contribution >= 4 is 0 Å². The molecule has 1 aromatic carbocycles. The van der Waals surface area contributed by atoms with Crippen LogP contribution in [-0.4, -0.2) is 5.11 Å². The minimum Gasteiger partial charge on any atom is -0.508 e. The first-order chi connectivity index (χ1) is 6.68. The molecule has 76 valence electrons. The SMILES string of the molecule is CC(C)C1CCCc2ccc(O)cc21. The Kier molecular flexibility index (Phi) is 2.49. The number of hydrogen-bond acceptors (Lipinski definition) is 1. The van der Waals surface area contributed by atoms with Crippen LogP contribution < -0.4 is 0 Å². The van der Waals surface area contributed by atoms with Gasteiger partial charge in [0.05, 0.1) is 0 Å². The fourth-order valence-electron chi connectivity index (χ4n) is 2.52. The Hall–Kier alpha value is -0.980. The van der Waals surface area contributed by atoms with Crippen molar-refractivity contribution in [3.63, 3.8) is 0 Å². The smallest absolute Gasteiger partial charge is 0.115 e. The summed E-state index contributed by atoms with van der Waals surface area (Å²) in [7, 11) is 0. The van der Waals surface area contributed by atoms with E-state index in [0.717, 1.165) is 0 Å². The van der Waals surface area contributed by atoms with Crippen molar-refractivity contribution < 1.29 is 5.11 Å². The number of hydrogen-bond donors (Lipinski definition) is 1. The minimum atomic E-state index is 0.413. The van der Waals surface area contributed by atoms with Crippen LogP contribution in [0.3, 0.4) is 0 Å². The fourth-order valence-corrected chi connectivity index (χ4v) is 2.52. The van der Waals surface area contributed by atoms with Gasteiger partial charge in [0.25, 0.3) is 0 Å². The highest BCUT2D eigenvalue weighted by Gasteiger charge is 2.22. The zero-order valence-electron chi connectivity index (χ0n) is 8.96. The normalized spacial score (nSPS) is 20.9. The van der Waals surface area contributed by atoms with E-state index in [2.05, 4.69) is 19.9 Å². The molecule has 0 saturated heterocycles. The molecular weight excluding hydrogens is 172 g/mol. The van der Waals surface area contributed by atoms with Gasteiger partial charge in [-0.25, -0.2) is 0 Å². The summed E-state index contributed by atoms with van der Waals surface area (Å²) in [5, 5.41) is 9.49. The highest BCUT2D eigenvalue weighted by Crippen LogP contribution is 2.38. The lowest BCUT2D eigenvalue weighted by Crippen LogP contribution is -2.14. The first-order valence-electron chi connectivity index (χ1n) is 5.50. The molecule has 1 N–H and O–H groups in total. The molecule has 1 atom stereocenters. The number of phenolic OH excluding ortho intramolecular Hbond substituents is 1. The molecule has 0 amide bonds. The third-order valence-electron chi connectivity index (χ3n) is 3.29. The van der Waals surface area contributed by atoms with Gasteiger partial charge in [0.1, 0.15) is 5.75 Å². The molecule has 0 aromatic heterocycles. The van der Waals surface area contributed by atoms with Crippen LogP contribution >= 0.6 is 0 Å². The lowest BCUT2D eigenvalue weighted by Gasteiger charge is -2.28. The van der Waals surface area contributed by atoms with Crippen molar-refractivity contribution in [2.45, 2.75) is 39.0 Å². The van der Waals surface area contributed by atoms with Gasteiger partial charge < -0.3 is 5.11 Å². The largest absolute Gasteiger partial charge is 0.508 e. The van der Waals surface area contributed by atoms with Crippen molar-refractivity contribution in [3.05, 3.63) is 29.3 Å². The Morgan fingerprint density at radius 2 is 2.14 bits per heavy atom. The maximum atomic E-state index is 9.49. The average molecular weight is 190 g/mol. The summed E-state index contributed by atoms with van der Waals surface area (Å²) in [5.74, 6) is 1.73. The van der Waals surface area contributed by atoms with Gasteiger partial charge in [0.2, 0.25) is 0 Å². The molecule has 1 aliphatic rings. The van der Waals surface area contributed by atoms with E-state index in [1.807, 2.05) is 12.1 Å². The van der Waals surface area contributed by atoms with Crippen molar-refractivity contribution in [2.24, 2.45) is 5.92 Å². The Balaban J connectivity index is 2.41. The average Bonchev–Trinajstić information content (AvgIpc) is 2.16. The molecule has 0 heterocycles. The molecule has 0 radical (unpaired) electrons. The Morgan fingerprint density at radius 3 is 2.86 bits per heavy atom. The summed E-state index contributed by atoms with van der Waals surface area (Å²) in [6.07, 6.45) is 3.74. The number of benzene rings is 1. The summed E-state index contributed by atoms with van der Waals surface area (Å²) in [6, 6.07) is 5.85. The molecule has 2 rings (SSSR count). The Labute approximate surface area is 85.8 Å². The summed E-state index contributed by atoms with van der Waals surface area (Å²) < 4.78 is 0. The molecule has 14 heavy (non-hydrogen) atoms. The van der Waals surface area contributed by atoms with E-state index in [-0.39, 0.29) is 0 Å². The first-order valence-corrected chi connectivity index (χ1v) is 5.50. The van der Waals surface area contributed by atoms with Gasteiger partial charge in [-0.1, -0.05) is 19.9 Å². The zero-order chi connectivity index (χ0) is 10.1. The molecule has 1 nitrogen and oxygen atoms in total. The second kappa shape index (κ2) is 3.64. The van der Waals surface area contributed by atoms with Crippen molar-refractivity contribution in [3.8, 4) is 5.75 Å². The van der Waals surface area contributed by atoms with E-state index in [4.69, 9.17) is 0 Å². The van der Waals surface area contributed by atoms with E-state index in [1.165, 1.54) is 30.4 Å². The first kappa shape index (κ1) is 9.57. The minimum absolute atomic E-state index is 0.413. The molecule has 1 aliphatic carbocycles. The summed E-state index contributed by atoms with van der Waals surface area (Å²) in [5.41, 5.74) is 2.82. The van der Waals surface area contributed by atoms with Crippen molar-refractivity contribution in [2.75, 3.05) is 0 Å². The highest BCUT2D eigenvalue weighted by molar-refractivity contribution is 5.39. The fraction of sp³-hybridized carbons (Fsp3) is 0.538. The molecule has 1 aromatic rings. The summed E-state index contributed by atoms with van der Waals surface area (Å²) >= 11 is 0. The maximum Gasteiger partial charge on any atom is 0.115 e. The number of fused-ring (bicyclic) bond motifs is 1.